The van der Waals surface area contributed by atoms with E-state index < -0.39 is 5.41 Å². The lowest BCUT2D eigenvalue weighted by Crippen LogP contribution is -2.44. The molecule has 0 unspecified atom stereocenters. The van der Waals surface area contributed by atoms with Gasteiger partial charge in [-0.05, 0) is 30.5 Å². The van der Waals surface area contributed by atoms with Gasteiger partial charge in [0.25, 0.3) is 0 Å². The van der Waals surface area contributed by atoms with Crippen molar-refractivity contribution in [1.29, 1.82) is 0 Å². The second-order valence-electron chi connectivity index (χ2n) is 5.48. The summed E-state index contributed by atoms with van der Waals surface area (Å²) >= 11 is 0. The summed E-state index contributed by atoms with van der Waals surface area (Å²) in [4.78, 5) is 12.1. The summed E-state index contributed by atoms with van der Waals surface area (Å²) in [5.74, 6) is 5.46. The Morgan fingerprint density at radius 3 is 1.95 bits per heavy atom. The standard InChI is InChI=1S/C17H20N2O/c1-17(2,16(20)19(3)18)15-11-9-14(10-12-15)13-7-5-4-6-8-13/h4-12H,18H2,1-3H3. The van der Waals surface area contributed by atoms with Gasteiger partial charge in [-0.2, -0.15) is 0 Å². The molecule has 0 aliphatic carbocycles. The topological polar surface area (TPSA) is 46.3 Å². The molecule has 3 nitrogen and oxygen atoms in total. The highest BCUT2D eigenvalue weighted by molar-refractivity contribution is 5.87. The molecule has 20 heavy (non-hydrogen) atoms. The second-order valence-corrected chi connectivity index (χ2v) is 5.48. The summed E-state index contributed by atoms with van der Waals surface area (Å²) in [6, 6.07) is 18.2. The Kier molecular flexibility index (Phi) is 3.91. The molecule has 0 radical (unpaired) electrons. The van der Waals surface area contributed by atoms with Crippen molar-refractivity contribution < 1.29 is 4.79 Å². The van der Waals surface area contributed by atoms with Crippen LogP contribution in [0.1, 0.15) is 19.4 Å². The number of nitrogens with zero attached hydrogens (tertiary/aromatic N) is 1. The molecule has 0 heterocycles. The maximum atomic E-state index is 12.1. The fraction of sp³-hybridized carbons (Fsp3) is 0.235. The van der Waals surface area contributed by atoms with Gasteiger partial charge in [0.1, 0.15) is 0 Å². The number of carbonyl (C=O) groups excluding carboxylic acids is 1. The number of benzene rings is 2. The predicted octanol–water partition coefficient (Wildman–Crippen LogP) is 2.96. The first kappa shape index (κ1) is 14.3. The third kappa shape index (κ3) is 2.73. The molecule has 0 aliphatic rings. The van der Waals surface area contributed by atoms with E-state index in [-0.39, 0.29) is 5.91 Å². The average molecular weight is 268 g/mol. The van der Waals surface area contributed by atoms with Crippen molar-refractivity contribution in [2.45, 2.75) is 19.3 Å². The number of hydrogen-bond donors (Lipinski definition) is 1. The molecule has 2 aromatic rings. The maximum absolute atomic E-state index is 12.1. The highest BCUT2D eigenvalue weighted by Crippen LogP contribution is 2.27. The van der Waals surface area contributed by atoms with E-state index in [9.17, 15) is 4.79 Å². The van der Waals surface area contributed by atoms with Gasteiger partial charge in [-0.15, -0.1) is 0 Å². The van der Waals surface area contributed by atoms with E-state index >= 15 is 0 Å². The van der Waals surface area contributed by atoms with Gasteiger partial charge in [-0.3, -0.25) is 9.80 Å². The first-order chi connectivity index (χ1) is 9.43. The molecule has 0 bridgehead atoms. The van der Waals surface area contributed by atoms with Crippen LogP contribution in [0.2, 0.25) is 0 Å². The van der Waals surface area contributed by atoms with Crippen molar-refractivity contribution in [2.24, 2.45) is 5.84 Å². The van der Waals surface area contributed by atoms with E-state index in [1.807, 2.05) is 56.3 Å². The Morgan fingerprint density at radius 1 is 0.950 bits per heavy atom. The highest BCUT2D eigenvalue weighted by atomic mass is 16.2. The minimum atomic E-state index is -0.626. The van der Waals surface area contributed by atoms with Crippen LogP contribution in [0.15, 0.2) is 54.6 Å². The number of hydrazine groups is 1. The van der Waals surface area contributed by atoms with Gasteiger partial charge < -0.3 is 0 Å². The van der Waals surface area contributed by atoms with Crippen molar-refractivity contribution in [2.75, 3.05) is 7.05 Å². The van der Waals surface area contributed by atoms with Gasteiger partial charge in [0, 0.05) is 7.05 Å². The summed E-state index contributed by atoms with van der Waals surface area (Å²) < 4.78 is 0. The molecule has 0 spiro atoms. The molecule has 0 aliphatic heterocycles. The first-order valence-electron chi connectivity index (χ1n) is 6.62. The van der Waals surface area contributed by atoms with Gasteiger partial charge in [0.05, 0.1) is 5.41 Å². The van der Waals surface area contributed by atoms with Crippen molar-refractivity contribution in [3.63, 3.8) is 0 Å². The Hall–Kier alpha value is -2.13. The van der Waals surface area contributed by atoms with Crippen molar-refractivity contribution in [3.8, 4) is 11.1 Å². The van der Waals surface area contributed by atoms with E-state index in [2.05, 4.69) is 12.1 Å². The molecule has 104 valence electrons. The molecule has 0 saturated heterocycles. The molecule has 0 saturated carbocycles. The summed E-state index contributed by atoms with van der Waals surface area (Å²) in [6.45, 7) is 3.77. The third-order valence-corrected chi connectivity index (χ3v) is 3.57. The van der Waals surface area contributed by atoms with E-state index in [1.165, 1.54) is 5.56 Å². The molecular weight excluding hydrogens is 248 g/mol. The molecule has 2 N–H and O–H groups in total. The van der Waals surface area contributed by atoms with Crippen LogP contribution in [-0.4, -0.2) is 18.0 Å². The van der Waals surface area contributed by atoms with E-state index in [4.69, 9.17) is 5.84 Å². The van der Waals surface area contributed by atoms with Crippen LogP contribution in [0.5, 0.6) is 0 Å². The lowest BCUT2D eigenvalue weighted by molar-refractivity contribution is -0.135. The Balaban J connectivity index is 2.31. The van der Waals surface area contributed by atoms with Crippen LogP contribution >= 0.6 is 0 Å². The number of likely N-dealkylation sites (N-methyl/N-ethyl adjacent to an activating group) is 1. The summed E-state index contributed by atoms with van der Waals surface area (Å²) in [7, 11) is 1.57. The van der Waals surface area contributed by atoms with Gasteiger partial charge in [-0.25, -0.2) is 5.84 Å². The number of rotatable bonds is 3. The van der Waals surface area contributed by atoms with E-state index in [0.717, 1.165) is 16.1 Å². The number of nitrogens with two attached hydrogens (primary N) is 1. The van der Waals surface area contributed by atoms with E-state index in [0.29, 0.717) is 0 Å². The van der Waals surface area contributed by atoms with Gasteiger partial charge in [-0.1, -0.05) is 54.6 Å². The SMILES string of the molecule is CN(N)C(=O)C(C)(C)c1ccc(-c2ccccc2)cc1. The Bertz CT molecular complexity index is 586. The molecule has 1 amide bonds. The summed E-state index contributed by atoms with van der Waals surface area (Å²) in [5, 5.41) is 1.14. The predicted molar refractivity (Wildman–Crippen MR) is 81.9 cm³/mol. The Morgan fingerprint density at radius 2 is 1.45 bits per heavy atom. The van der Waals surface area contributed by atoms with Crippen LogP contribution < -0.4 is 5.84 Å². The monoisotopic (exact) mass is 268 g/mol. The zero-order chi connectivity index (χ0) is 14.8. The lowest BCUT2D eigenvalue weighted by Gasteiger charge is -2.27. The van der Waals surface area contributed by atoms with E-state index in [1.54, 1.807) is 7.05 Å². The summed E-state index contributed by atoms with van der Waals surface area (Å²) in [5.41, 5.74) is 2.64. The fourth-order valence-electron chi connectivity index (χ4n) is 2.27. The normalized spacial score (nSPS) is 11.2. The maximum Gasteiger partial charge on any atom is 0.246 e. The van der Waals surface area contributed by atoms with Crippen LogP contribution in [0.3, 0.4) is 0 Å². The average Bonchev–Trinajstić information content (AvgIpc) is 2.47. The molecule has 0 fully saturated rings. The molecule has 0 aromatic heterocycles. The van der Waals surface area contributed by atoms with Crippen molar-refractivity contribution in [3.05, 3.63) is 60.2 Å². The zero-order valence-corrected chi connectivity index (χ0v) is 12.1. The number of amides is 1. The zero-order valence-electron chi connectivity index (χ0n) is 12.1. The first-order valence-corrected chi connectivity index (χ1v) is 6.62. The smallest absolute Gasteiger partial charge is 0.246 e. The molecule has 2 rings (SSSR count). The van der Waals surface area contributed by atoms with Crippen LogP contribution in [0.25, 0.3) is 11.1 Å². The highest BCUT2D eigenvalue weighted by Gasteiger charge is 2.31. The van der Waals surface area contributed by atoms with Crippen LogP contribution in [0, 0.1) is 0 Å². The lowest BCUT2D eigenvalue weighted by atomic mass is 9.83. The fourth-order valence-corrected chi connectivity index (χ4v) is 2.27. The van der Waals surface area contributed by atoms with Crippen molar-refractivity contribution in [1.82, 2.24) is 5.01 Å². The molecular formula is C17H20N2O. The van der Waals surface area contributed by atoms with Gasteiger partial charge in [0.15, 0.2) is 0 Å². The molecule has 2 aromatic carbocycles. The second kappa shape index (κ2) is 5.47. The number of hydrogen-bond acceptors (Lipinski definition) is 2. The largest absolute Gasteiger partial charge is 0.283 e. The van der Waals surface area contributed by atoms with Crippen molar-refractivity contribution >= 4 is 5.91 Å². The summed E-state index contributed by atoms with van der Waals surface area (Å²) in [6.07, 6.45) is 0. The quantitative estimate of drug-likeness (QED) is 0.528. The minimum Gasteiger partial charge on any atom is -0.283 e. The van der Waals surface area contributed by atoms with Gasteiger partial charge in [0.2, 0.25) is 5.91 Å². The van der Waals surface area contributed by atoms with Crippen LogP contribution in [-0.2, 0) is 10.2 Å². The number of carbonyl (C=O) groups is 1. The molecule has 0 atom stereocenters. The molecule has 3 heteroatoms. The van der Waals surface area contributed by atoms with Crippen LogP contribution in [0.4, 0.5) is 0 Å². The van der Waals surface area contributed by atoms with Gasteiger partial charge >= 0.3 is 0 Å². The Labute approximate surface area is 120 Å². The minimum absolute atomic E-state index is 0.107. The third-order valence-electron chi connectivity index (χ3n) is 3.57.